The van der Waals surface area contributed by atoms with Crippen LogP contribution >= 0.6 is 0 Å². The Morgan fingerprint density at radius 3 is 2.65 bits per heavy atom. The number of hydrogen-bond acceptors (Lipinski definition) is 6. The van der Waals surface area contributed by atoms with Crippen LogP contribution in [0.4, 0.5) is 5.69 Å². The second kappa shape index (κ2) is 8.56. The summed E-state index contributed by atoms with van der Waals surface area (Å²) in [6.45, 7) is 5.82. The number of pyridine rings is 1. The zero-order valence-electron chi connectivity index (χ0n) is 19.4. The minimum Gasteiger partial charge on any atom is -0.733 e. The first-order valence-electron chi connectivity index (χ1n) is 11.9. The van der Waals surface area contributed by atoms with Gasteiger partial charge in [0.05, 0.1) is 0 Å². The third-order valence-corrected chi connectivity index (χ3v) is 7.72. The van der Waals surface area contributed by atoms with Gasteiger partial charge in [0.2, 0.25) is 5.91 Å². The van der Waals surface area contributed by atoms with E-state index < -0.39 is 16.8 Å². The third kappa shape index (κ3) is 3.59. The summed E-state index contributed by atoms with van der Waals surface area (Å²) in [6, 6.07) is 10.0. The first-order valence-corrected chi connectivity index (χ1v) is 11.9. The molecule has 1 fully saturated rings. The third-order valence-electron chi connectivity index (χ3n) is 7.72. The van der Waals surface area contributed by atoms with Crippen LogP contribution in [0.15, 0.2) is 41.2 Å². The van der Waals surface area contributed by atoms with E-state index in [-0.39, 0.29) is 35.3 Å². The number of aromatic nitrogens is 1. The molecule has 3 aliphatic rings. The van der Waals surface area contributed by atoms with Crippen molar-refractivity contribution in [2.75, 3.05) is 18.3 Å². The number of carbonyl (C=O) groups is 2. The number of amides is 2. The Bertz CT molecular complexity index is 1190. The normalized spacial score (nSPS) is 22.8. The average molecular weight is 466 g/mol. The summed E-state index contributed by atoms with van der Waals surface area (Å²) in [5.41, 5.74) is 1.57. The van der Waals surface area contributed by atoms with Crippen molar-refractivity contribution in [1.82, 2.24) is 14.4 Å². The van der Waals surface area contributed by atoms with Crippen LogP contribution in [0.25, 0.3) is 0 Å². The van der Waals surface area contributed by atoms with E-state index in [0.717, 1.165) is 24.1 Å². The first kappa shape index (κ1) is 22.6. The molecule has 2 aromatic rings. The molecule has 1 aromatic heterocycles. The molecule has 1 saturated heterocycles. The number of piperidine rings is 1. The lowest BCUT2D eigenvalue weighted by atomic mass is 9.82. The van der Waals surface area contributed by atoms with E-state index in [1.165, 1.54) is 6.07 Å². The highest BCUT2D eigenvalue weighted by atomic mass is 16.8. The number of anilines is 1. The Kier molecular flexibility index (Phi) is 5.69. The molecular weight excluding hydrogens is 436 g/mol. The van der Waals surface area contributed by atoms with Crippen LogP contribution in [-0.2, 0) is 17.9 Å². The molecule has 1 N–H and O–H groups in total. The van der Waals surface area contributed by atoms with Gasteiger partial charge in [-0.1, -0.05) is 38.5 Å². The fourth-order valence-corrected chi connectivity index (χ4v) is 5.86. The molecular formula is C25H29N4O5-. The fraction of sp³-hybridized carbons (Fsp3) is 0.480. The molecule has 34 heavy (non-hydrogen) atoms. The SMILES string of the molecule is CC[C@@H](C)[C@@H](C(=O)N1C[C@H]2C[C@H](C1)c1ccc(N([O-])O)c(=O)n1C2)N1Cc2ccccc2C1=O. The van der Waals surface area contributed by atoms with Crippen LogP contribution in [0.2, 0.25) is 0 Å². The summed E-state index contributed by atoms with van der Waals surface area (Å²) in [6.07, 6.45) is 1.62. The highest BCUT2D eigenvalue weighted by Crippen LogP contribution is 2.37. The van der Waals surface area contributed by atoms with Crippen LogP contribution in [0, 0.1) is 17.0 Å². The summed E-state index contributed by atoms with van der Waals surface area (Å²) in [7, 11) is 0. The molecule has 0 aliphatic carbocycles. The molecule has 9 heteroatoms. The van der Waals surface area contributed by atoms with Crippen LogP contribution < -0.4 is 10.8 Å². The maximum absolute atomic E-state index is 13.9. The summed E-state index contributed by atoms with van der Waals surface area (Å²) in [5.74, 6) is -0.120. The highest BCUT2D eigenvalue weighted by Gasteiger charge is 2.44. The van der Waals surface area contributed by atoms with Crippen molar-refractivity contribution in [3.63, 3.8) is 0 Å². The Morgan fingerprint density at radius 1 is 1.18 bits per heavy atom. The number of rotatable bonds is 5. The van der Waals surface area contributed by atoms with Crippen molar-refractivity contribution < 1.29 is 14.8 Å². The van der Waals surface area contributed by atoms with E-state index in [1.807, 2.05) is 43.0 Å². The van der Waals surface area contributed by atoms with E-state index >= 15 is 0 Å². The number of hydrogen-bond donors (Lipinski definition) is 1. The van der Waals surface area contributed by atoms with Gasteiger partial charge in [0, 0.05) is 43.4 Å². The molecule has 0 saturated carbocycles. The maximum atomic E-state index is 13.9. The number of fused-ring (bicyclic) bond motifs is 5. The molecule has 9 nitrogen and oxygen atoms in total. The summed E-state index contributed by atoms with van der Waals surface area (Å²) < 4.78 is 1.56. The molecule has 5 rings (SSSR count). The largest absolute Gasteiger partial charge is 0.733 e. The predicted molar refractivity (Wildman–Crippen MR) is 125 cm³/mol. The van der Waals surface area contributed by atoms with Gasteiger partial charge in [0.1, 0.15) is 11.7 Å². The van der Waals surface area contributed by atoms with Crippen molar-refractivity contribution in [2.24, 2.45) is 11.8 Å². The minimum absolute atomic E-state index is 0.00224. The van der Waals surface area contributed by atoms with Gasteiger partial charge in [-0.25, -0.2) is 0 Å². The van der Waals surface area contributed by atoms with Crippen LogP contribution in [0.3, 0.4) is 0 Å². The van der Waals surface area contributed by atoms with Gasteiger partial charge in [-0.2, -0.15) is 0 Å². The lowest BCUT2D eigenvalue weighted by molar-refractivity contribution is -0.141. The van der Waals surface area contributed by atoms with E-state index in [4.69, 9.17) is 0 Å². The summed E-state index contributed by atoms with van der Waals surface area (Å²) in [5, 5.41) is 20.2. The Balaban J connectivity index is 1.42. The van der Waals surface area contributed by atoms with E-state index in [2.05, 4.69) is 0 Å². The molecule has 180 valence electrons. The molecule has 2 bridgehead atoms. The van der Waals surface area contributed by atoms with Crippen LogP contribution in [0.1, 0.15) is 54.2 Å². The second-order valence-corrected chi connectivity index (χ2v) is 9.79. The number of benzene rings is 1. The van der Waals surface area contributed by atoms with Gasteiger partial charge in [-0.15, -0.1) is 0 Å². The number of carbonyl (C=O) groups excluding carboxylic acids is 2. The maximum Gasteiger partial charge on any atom is 0.275 e. The van der Waals surface area contributed by atoms with E-state index in [0.29, 0.717) is 31.7 Å². The second-order valence-electron chi connectivity index (χ2n) is 9.79. The zero-order valence-corrected chi connectivity index (χ0v) is 19.4. The standard InChI is InChI=1S/C25H29N4O5/c1-3-15(2)22(28-14-17-6-4-5-7-19(17)23(28)30)25(32)26-11-16-10-18(13-26)20-8-9-21(29(33)34)24(31)27(20)12-16/h4-9,15-16,18,22,33H,3,10-14H2,1-2H3/q-1/t15-,16-,18-,22+/m1/s1. The lowest BCUT2D eigenvalue weighted by Gasteiger charge is -2.45. The molecule has 4 atom stereocenters. The molecule has 0 unspecified atom stereocenters. The fourth-order valence-electron chi connectivity index (χ4n) is 5.86. The average Bonchev–Trinajstić information content (AvgIpc) is 3.15. The predicted octanol–water partition coefficient (Wildman–Crippen LogP) is 2.56. The lowest BCUT2D eigenvalue weighted by Crippen LogP contribution is -2.56. The Labute approximate surface area is 197 Å². The van der Waals surface area contributed by atoms with Gasteiger partial charge < -0.3 is 24.8 Å². The number of likely N-dealkylation sites (tertiary alicyclic amines) is 1. The molecule has 1 aromatic carbocycles. The van der Waals surface area contributed by atoms with Gasteiger partial charge in [0.15, 0.2) is 0 Å². The smallest absolute Gasteiger partial charge is 0.275 e. The van der Waals surface area contributed by atoms with Gasteiger partial charge in [0.25, 0.3) is 11.5 Å². The Hall–Kier alpha value is -3.17. The topological polar surface area (TPSA) is 109 Å². The van der Waals surface area contributed by atoms with Crippen molar-refractivity contribution in [3.05, 3.63) is 68.8 Å². The molecule has 3 aliphatic heterocycles. The van der Waals surface area contributed by atoms with Crippen molar-refractivity contribution in [1.29, 1.82) is 0 Å². The Morgan fingerprint density at radius 2 is 1.94 bits per heavy atom. The van der Waals surface area contributed by atoms with E-state index in [1.54, 1.807) is 15.5 Å². The van der Waals surface area contributed by atoms with E-state index in [9.17, 15) is 24.8 Å². The zero-order chi connectivity index (χ0) is 24.1. The summed E-state index contributed by atoms with van der Waals surface area (Å²) >= 11 is 0. The van der Waals surface area contributed by atoms with Gasteiger partial charge in [-0.3, -0.25) is 19.6 Å². The first-order chi connectivity index (χ1) is 16.3. The number of nitrogens with zero attached hydrogens (tertiary/aromatic N) is 4. The monoisotopic (exact) mass is 465 g/mol. The van der Waals surface area contributed by atoms with Gasteiger partial charge >= 0.3 is 0 Å². The molecule has 0 radical (unpaired) electrons. The van der Waals surface area contributed by atoms with Crippen molar-refractivity contribution in [3.8, 4) is 0 Å². The van der Waals surface area contributed by atoms with Crippen molar-refractivity contribution >= 4 is 17.5 Å². The molecule has 2 amide bonds. The highest BCUT2D eigenvalue weighted by molar-refractivity contribution is 6.01. The van der Waals surface area contributed by atoms with Gasteiger partial charge in [-0.05, 0) is 42.0 Å². The summed E-state index contributed by atoms with van der Waals surface area (Å²) in [4.78, 5) is 43.4. The minimum atomic E-state index is -0.545. The van der Waals surface area contributed by atoms with Crippen LogP contribution in [-0.4, -0.2) is 50.5 Å². The molecule has 0 spiro atoms. The quantitative estimate of drug-likeness (QED) is 0.680. The molecule has 4 heterocycles. The van der Waals surface area contributed by atoms with Crippen LogP contribution in [0.5, 0.6) is 0 Å². The van der Waals surface area contributed by atoms with Crippen molar-refractivity contribution in [2.45, 2.75) is 51.7 Å².